The zero-order valence-corrected chi connectivity index (χ0v) is 13.4. The number of rotatable bonds is 4. The van der Waals surface area contributed by atoms with Gasteiger partial charge in [0.25, 0.3) is 5.91 Å². The van der Waals surface area contributed by atoms with E-state index in [1.54, 1.807) is 12.3 Å². The number of aryl methyl sites for hydroxylation is 1. The first-order valence-electron chi connectivity index (χ1n) is 7.56. The number of aromatic nitrogens is 1. The molecule has 0 bridgehead atoms. The van der Waals surface area contributed by atoms with Crippen LogP contribution in [0.4, 0.5) is 25.8 Å². The average Bonchev–Trinajstić information content (AvgIpc) is 2.60. The lowest BCUT2D eigenvalue weighted by Gasteiger charge is -2.09. The lowest BCUT2D eigenvalue weighted by molar-refractivity contribution is 0.102. The summed E-state index contributed by atoms with van der Waals surface area (Å²) in [4.78, 5) is 16.3. The summed E-state index contributed by atoms with van der Waals surface area (Å²) < 4.78 is 26.6. The molecule has 25 heavy (non-hydrogen) atoms. The molecule has 0 unspecified atom stereocenters. The lowest BCUT2D eigenvalue weighted by atomic mass is 10.2. The predicted octanol–water partition coefficient (Wildman–Crippen LogP) is 4.66. The van der Waals surface area contributed by atoms with Gasteiger partial charge in [-0.05, 0) is 37.3 Å². The summed E-state index contributed by atoms with van der Waals surface area (Å²) in [6, 6.07) is 12.3. The Balaban J connectivity index is 1.76. The van der Waals surface area contributed by atoms with Gasteiger partial charge in [-0.1, -0.05) is 17.7 Å². The highest BCUT2D eigenvalue weighted by molar-refractivity contribution is 6.04. The number of hydrogen-bond donors (Lipinski definition) is 2. The summed E-state index contributed by atoms with van der Waals surface area (Å²) in [5.41, 5.74) is 2.77. The van der Waals surface area contributed by atoms with Crippen LogP contribution in [0.1, 0.15) is 15.9 Å². The Morgan fingerprint density at radius 3 is 2.44 bits per heavy atom. The number of pyridine rings is 1. The van der Waals surface area contributed by atoms with E-state index in [0.717, 1.165) is 17.3 Å². The summed E-state index contributed by atoms with van der Waals surface area (Å²) in [7, 11) is 0. The smallest absolute Gasteiger partial charge is 0.257 e. The first-order chi connectivity index (χ1) is 12.0. The Morgan fingerprint density at radius 1 is 0.960 bits per heavy atom. The number of nitrogens with one attached hydrogen (secondary N) is 2. The quantitative estimate of drug-likeness (QED) is 0.727. The van der Waals surface area contributed by atoms with Gasteiger partial charge in [-0.3, -0.25) is 9.78 Å². The summed E-state index contributed by atoms with van der Waals surface area (Å²) in [6.45, 7) is 1.99. The molecule has 0 spiro atoms. The number of halogens is 2. The molecular formula is C19H15F2N3O. The molecule has 0 saturated carbocycles. The van der Waals surface area contributed by atoms with Crippen LogP contribution >= 0.6 is 0 Å². The molecular weight excluding hydrogens is 324 g/mol. The van der Waals surface area contributed by atoms with Crippen LogP contribution in [0.25, 0.3) is 0 Å². The van der Waals surface area contributed by atoms with E-state index in [1.165, 1.54) is 12.3 Å². The Morgan fingerprint density at radius 2 is 1.72 bits per heavy atom. The predicted molar refractivity (Wildman–Crippen MR) is 93.0 cm³/mol. The highest BCUT2D eigenvalue weighted by Gasteiger charge is 2.11. The van der Waals surface area contributed by atoms with Gasteiger partial charge in [-0.15, -0.1) is 0 Å². The molecule has 2 aromatic carbocycles. The minimum Gasteiger partial charge on any atom is -0.354 e. The zero-order valence-electron chi connectivity index (χ0n) is 13.4. The van der Waals surface area contributed by atoms with Crippen molar-refractivity contribution < 1.29 is 13.6 Å². The van der Waals surface area contributed by atoms with E-state index >= 15 is 0 Å². The molecule has 0 saturated heterocycles. The minimum absolute atomic E-state index is 0.0942. The molecule has 0 radical (unpaired) electrons. The number of anilines is 3. The number of benzene rings is 2. The third-order valence-corrected chi connectivity index (χ3v) is 3.52. The SMILES string of the molecule is Cc1ccc(Nc2cncc(C(=O)Nc3ccc(F)cc3F)c2)cc1. The maximum Gasteiger partial charge on any atom is 0.257 e. The van der Waals surface area contributed by atoms with Gasteiger partial charge in [0, 0.05) is 18.0 Å². The van der Waals surface area contributed by atoms with Crippen LogP contribution in [0, 0.1) is 18.6 Å². The molecule has 126 valence electrons. The van der Waals surface area contributed by atoms with Crippen LogP contribution in [0.15, 0.2) is 60.9 Å². The standard InChI is InChI=1S/C19H15F2N3O/c1-12-2-5-15(6-3-12)23-16-8-13(10-22-11-16)19(25)24-18-7-4-14(20)9-17(18)21/h2-11,23H,1H3,(H,24,25). The van der Waals surface area contributed by atoms with E-state index in [4.69, 9.17) is 0 Å². The van der Waals surface area contributed by atoms with Crippen LogP contribution in [0.5, 0.6) is 0 Å². The Labute approximate surface area is 143 Å². The highest BCUT2D eigenvalue weighted by atomic mass is 19.1. The van der Waals surface area contributed by atoms with E-state index < -0.39 is 17.5 Å². The number of hydrogen-bond acceptors (Lipinski definition) is 3. The van der Waals surface area contributed by atoms with E-state index in [0.29, 0.717) is 11.8 Å². The van der Waals surface area contributed by atoms with Crippen LogP contribution in [-0.2, 0) is 0 Å². The van der Waals surface area contributed by atoms with Gasteiger partial charge in [-0.2, -0.15) is 0 Å². The fourth-order valence-corrected chi connectivity index (χ4v) is 2.22. The summed E-state index contributed by atoms with van der Waals surface area (Å²) in [6.07, 6.45) is 2.95. The monoisotopic (exact) mass is 339 g/mol. The second-order valence-corrected chi connectivity index (χ2v) is 5.53. The highest BCUT2D eigenvalue weighted by Crippen LogP contribution is 2.19. The van der Waals surface area contributed by atoms with Gasteiger partial charge in [0.2, 0.25) is 0 Å². The maximum atomic E-state index is 13.6. The first-order valence-corrected chi connectivity index (χ1v) is 7.56. The molecule has 6 heteroatoms. The van der Waals surface area contributed by atoms with E-state index in [1.807, 2.05) is 31.2 Å². The van der Waals surface area contributed by atoms with Gasteiger partial charge in [0.15, 0.2) is 0 Å². The molecule has 0 aliphatic rings. The number of amides is 1. The summed E-state index contributed by atoms with van der Waals surface area (Å²) in [5, 5.41) is 5.55. The zero-order chi connectivity index (χ0) is 17.8. The molecule has 4 nitrogen and oxygen atoms in total. The minimum atomic E-state index is -0.838. The van der Waals surface area contributed by atoms with Crippen LogP contribution < -0.4 is 10.6 Å². The van der Waals surface area contributed by atoms with Crippen molar-refractivity contribution in [1.82, 2.24) is 4.98 Å². The lowest BCUT2D eigenvalue weighted by Crippen LogP contribution is -2.13. The topological polar surface area (TPSA) is 54.0 Å². The molecule has 1 amide bonds. The Hall–Kier alpha value is -3.28. The first kappa shape index (κ1) is 16.6. The second-order valence-electron chi connectivity index (χ2n) is 5.53. The van der Waals surface area contributed by atoms with Crippen LogP contribution in [0.3, 0.4) is 0 Å². The third-order valence-electron chi connectivity index (χ3n) is 3.52. The van der Waals surface area contributed by atoms with Gasteiger partial charge in [0.05, 0.1) is 23.1 Å². The van der Waals surface area contributed by atoms with Crippen molar-refractivity contribution >= 4 is 23.0 Å². The van der Waals surface area contributed by atoms with Crippen molar-refractivity contribution in [2.45, 2.75) is 6.92 Å². The molecule has 2 N–H and O–H groups in total. The summed E-state index contributed by atoms with van der Waals surface area (Å²) >= 11 is 0. The average molecular weight is 339 g/mol. The fourth-order valence-electron chi connectivity index (χ4n) is 2.22. The molecule has 0 atom stereocenters. The molecule has 3 rings (SSSR count). The number of nitrogens with zero attached hydrogens (tertiary/aromatic N) is 1. The van der Waals surface area contributed by atoms with Gasteiger partial charge in [-0.25, -0.2) is 8.78 Å². The van der Waals surface area contributed by atoms with Crippen molar-refractivity contribution in [3.63, 3.8) is 0 Å². The van der Waals surface area contributed by atoms with E-state index in [-0.39, 0.29) is 11.3 Å². The molecule has 0 fully saturated rings. The molecule has 3 aromatic rings. The fraction of sp³-hybridized carbons (Fsp3) is 0.0526. The van der Waals surface area contributed by atoms with Crippen LogP contribution in [-0.4, -0.2) is 10.9 Å². The third kappa shape index (κ3) is 4.17. The van der Waals surface area contributed by atoms with E-state index in [2.05, 4.69) is 15.6 Å². The van der Waals surface area contributed by atoms with E-state index in [9.17, 15) is 13.6 Å². The Bertz CT molecular complexity index is 911. The molecule has 0 aliphatic heterocycles. The van der Waals surface area contributed by atoms with Crippen molar-refractivity contribution in [2.24, 2.45) is 0 Å². The van der Waals surface area contributed by atoms with Crippen molar-refractivity contribution in [1.29, 1.82) is 0 Å². The molecule has 1 aromatic heterocycles. The van der Waals surface area contributed by atoms with Crippen LogP contribution in [0.2, 0.25) is 0 Å². The van der Waals surface area contributed by atoms with Crippen molar-refractivity contribution in [3.8, 4) is 0 Å². The molecule has 0 aliphatic carbocycles. The maximum absolute atomic E-state index is 13.6. The normalized spacial score (nSPS) is 10.4. The second kappa shape index (κ2) is 7.09. The molecule has 1 heterocycles. The number of carbonyl (C=O) groups is 1. The Kier molecular flexibility index (Phi) is 4.70. The van der Waals surface area contributed by atoms with Gasteiger partial charge >= 0.3 is 0 Å². The van der Waals surface area contributed by atoms with Gasteiger partial charge < -0.3 is 10.6 Å². The summed E-state index contributed by atoms with van der Waals surface area (Å²) in [5.74, 6) is -2.08. The van der Waals surface area contributed by atoms with Gasteiger partial charge in [0.1, 0.15) is 11.6 Å². The van der Waals surface area contributed by atoms with Crippen molar-refractivity contribution in [2.75, 3.05) is 10.6 Å². The van der Waals surface area contributed by atoms with Crippen molar-refractivity contribution in [3.05, 3.63) is 83.7 Å². The largest absolute Gasteiger partial charge is 0.354 e. The number of carbonyl (C=O) groups excluding carboxylic acids is 1.